The van der Waals surface area contributed by atoms with Crippen LogP contribution in [0.4, 0.5) is 5.69 Å². The van der Waals surface area contributed by atoms with Crippen LogP contribution < -0.4 is 4.90 Å². The molecule has 6 heteroatoms. The first-order valence-electron chi connectivity index (χ1n) is 7.97. The summed E-state index contributed by atoms with van der Waals surface area (Å²) in [4.78, 5) is 23.7. The lowest BCUT2D eigenvalue weighted by atomic mass is 9.99. The van der Waals surface area contributed by atoms with Crippen LogP contribution in [0, 0.1) is 0 Å². The molecular formula is C18H15ClN4O. The second-order valence-corrected chi connectivity index (χ2v) is 7.02. The molecular weight excluding hydrogens is 324 g/mol. The first-order valence-corrected chi connectivity index (χ1v) is 8.35. The summed E-state index contributed by atoms with van der Waals surface area (Å²) < 4.78 is 2.02. The number of carbonyl (C=O) groups is 1. The van der Waals surface area contributed by atoms with Crippen molar-refractivity contribution in [1.29, 1.82) is 0 Å². The fourth-order valence-electron chi connectivity index (χ4n) is 3.76. The molecule has 0 radical (unpaired) electrons. The van der Waals surface area contributed by atoms with Crippen LogP contribution in [-0.2, 0) is 23.8 Å². The number of anilines is 1. The Labute approximate surface area is 143 Å². The maximum absolute atomic E-state index is 13.0. The van der Waals surface area contributed by atoms with E-state index in [4.69, 9.17) is 11.6 Å². The third-order valence-corrected chi connectivity index (χ3v) is 5.48. The van der Waals surface area contributed by atoms with E-state index in [9.17, 15) is 4.79 Å². The average Bonchev–Trinajstić information content (AvgIpc) is 3.29. The number of aryl methyl sites for hydroxylation is 1. The number of hydrogen-bond donors (Lipinski definition) is 0. The molecule has 0 atom stereocenters. The third-order valence-electron chi connectivity index (χ3n) is 5.25. The molecule has 3 heterocycles. The molecule has 0 bridgehead atoms. The normalized spacial score (nSPS) is 17.8. The third kappa shape index (κ3) is 1.73. The molecule has 2 aromatic heterocycles. The van der Waals surface area contributed by atoms with Gasteiger partial charge >= 0.3 is 0 Å². The minimum atomic E-state index is -0.299. The van der Waals surface area contributed by atoms with E-state index in [0.717, 1.165) is 41.0 Å². The second kappa shape index (κ2) is 4.57. The molecule has 1 spiro atoms. The number of rotatable bonds is 2. The first-order chi connectivity index (χ1) is 11.6. The van der Waals surface area contributed by atoms with E-state index in [1.165, 1.54) is 0 Å². The van der Waals surface area contributed by atoms with Gasteiger partial charge in [0, 0.05) is 18.3 Å². The van der Waals surface area contributed by atoms with Gasteiger partial charge < -0.3 is 9.47 Å². The van der Waals surface area contributed by atoms with Crippen LogP contribution >= 0.6 is 11.6 Å². The van der Waals surface area contributed by atoms with E-state index < -0.39 is 0 Å². The predicted molar refractivity (Wildman–Crippen MR) is 92.1 cm³/mol. The first kappa shape index (κ1) is 14.0. The SMILES string of the molecule is Cn1c(CN2C(=O)C3(CC3)c3ccncc32)nc2cc(Cl)ccc21. The topological polar surface area (TPSA) is 51.0 Å². The standard InChI is InChI=1S/C18H15ClN4O/c1-22-14-3-2-11(19)8-13(14)21-16(22)10-23-15-9-20-7-4-12(15)18(5-6-18)17(23)24/h2-4,7-9H,5-6,10H2,1H3. The summed E-state index contributed by atoms with van der Waals surface area (Å²) in [7, 11) is 1.97. The van der Waals surface area contributed by atoms with Crippen molar-refractivity contribution in [3.05, 3.63) is 53.1 Å². The molecule has 5 rings (SSSR count). The number of carbonyl (C=O) groups excluding carboxylic acids is 1. The van der Waals surface area contributed by atoms with Crippen LogP contribution in [0.2, 0.25) is 5.02 Å². The number of pyridine rings is 1. The highest BCUT2D eigenvalue weighted by Gasteiger charge is 2.59. The van der Waals surface area contributed by atoms with Gasteiger partial charge in [-0.2, -0.15) is 0 Å². The van der Waals surface area contributed by atoms with Gasteiger partial charge in [0.25, 0.3) is 0 Å². The van der Waals surface area contributed by atoms with Crippen molar-refractivity contribution in [3.8, 4) is 0 Å². The van der Waals surface area contributed by atoms with E-state index in [-0.39, 0.29) is 11.3 Å². The van der Waals surface area contributed by atoms with E-state index in [1.807, 2.05) is 40.8 Å². The molecule has 1 aliphatic carbocycles. The monoisotopic (exact) mass is 338 g/mol. The largest absolute Gasteiger partial charge is 0.330 e. The van der Waals surface area contributed by atoms with Gasteiger partial charge in [0.1, 0.15) is 5.82 Å². The minimum absolute atomic E-state index is 0.176. The second-order valence-electron chi connectivity index (χ2n) is 6.59. The van der Waals surface area contributed by atoms with Gasteiger partial charge in [-0.15, -0.1) is 0 Å². The molecule has 120 valence electrons. The molecule has 1 saturated carbocycles. The summed E-state index contributed by atoms with van der Waals surface area (Å²) in [6.07, 6.45) is 5.42. The lowest BCUT2D eigenvalue weighted by Crippen LogP contribution is -2.32. The Kier molecular flexibility index (Phi) is 2.66. The lowest BCUT2D eigenvalue weighted by Gasteiger charge is -2.17. The highest BCUT2D eigenvalue weighted by molar-refractivity contribution is 6.31. The highest BCUT2D eigenvalue weighted by atomic mass is 35.5. The number of imidazole rings is 1. The predicted octanol–water partition coefficient (Wildman–Crippen LogP) is 3.20. The quantitative estimate of drug-likeness (QED) is 0.721. The van der Waals surface area contributed by atoms with E-state index in [1.54, 1.807) is 12.4 Å². The van der Waals surface area contributed by atoms with Crippen molar-refractivity contribution in [2.24, 2.45) is 7.05 Å². The number of fused-ring (bicyclic) bond motifs is 3. The van der Waals surface area contributed by atoms with Crippen LogP contribution in [0.1, 0.15) is 24.2 Å². The van der Waals surface area contributed by atoms with E-state index in [0.29, 0.717) is 11.6 Å². The summed E-state index contributed by atoms with van der Waals surface area (Å²) >= 11 is 6.06. The van der Waals surface area contributed by atoms with E-state index >= 15 is 0 Å². The van der Waals surface area contributed by atoms with Crippen molar-refractivity contribution < 1.29 is 4.79 Å². The highest BCUT2D eigenvalue weighted by Crippen LogP contribution is 2.57. The van der Waals surface area contributed by atoms with Gasteiger partial charge in [-0.1, -0.05) is 11.6 Å². The Bertz CT molecular complexity index is 1010. The Morgan fingerprint density at radius 2 is 2.12 bits per heavy atom. The molecule has 5 nitrogen and oxygen atoms in total. The average molecular weight is 339 g/mol. The Balaban J connectivity index is 1.59. The van der Waals surface area contributed by atoms with Crippen LogP contribution in [0.15, 0.2) is 36.7 Å². The van der Waals surface area contributed by atoms with Gasteiger partial charge in [0.15, 0.2) is 0 Å². The van der Waals surface area contributed by atoms with Crippen molar-refractivity contribution >= 4 is 34.2 Å². The fourth-order valence-corrected chi connectivity index (χ4v) is 3.93. The van der Waals surface area contributed by atoms with Crippen molar-refractivity contribution in [2.75, 3.05) is 4.90 Å². The summed E-state index contributed by atoms with van der Waals surface area (Å²) in [6.45, 7) is 0.447. The molecule has 2 aliphatic rings. The number of hydrogen-bond acceptors (Lipinski definition) is 3. The summed E-state index contributed by atoms with van der Waals surface area (Å²) in [5, 5.41) is 0.663. The number of halogens is 1. The van der Waals surface area contributed by atoms with Crippen LogP contribution in [0.3, 0.4) is 0 Å². The molecule has 24 heavy (non-hydrogen) atoms. The fraction of sp³-hybridized carbons (Fsp3) is 0.278. The van der Waals surface area contributed by atoms with Crippen LogP contribution in [0.5, 0.6) is 0 Å². The molecule has 1 amide bonds. The molecule has 0 N–H and O–H groups in total. The smallest absolute Gasteiger partial charge is 0.238 e. The summed E-state index contributed by atoms with van der Waals surface area (Å²) in [5.41, 5.74) is 3.59. The number of aromatic nitrogens is 3. The summed E-state index contributed by atoms with van der Waals surface area (Å²) in [6, 6.07) is 7.64. The van der Waals surface area contributed by atoms with Gasteiger partial charge in [0.05, 0.1) is 34.9 Å². The van der Waals surface area contributed by atoms with Crippen molar-refractivity contribution in [3.63, 3.8) is 0 Å². The summed E-state index contributed by atoms with van der Waals surface area (Å²) in [5.74, 6) is 1.02. The number of benzene rings is 1. The van der Waals surface area contributed by atoms with Gasteiger partial charge in [-0.25, -0.2) is 4.98 Å². The Morgan fingerprint density at radius 1 is 1.29 bits per heavy atom. The molecule has 1 fully saturated rings. The lowest BCUT2D eigenvalue weighted by molar-refractivity contribution is -0.120. The van der Waals surface area contributed by atoms with Gasteiger partial charge in [0.2, 0.25) is 5.91 Å². The molecule has 0 saturated heterocycles. The van der Waals surface area contributed by atoms with Crippen molar-refractivity contribution in [1.82, 2.24) is 14.5 Å². The van der Waals surface area contributed by atoms with Gasteiger partial charge in [-0.3, -0.25) is 9.78 Å². The van der Waals surface area contributed by atoms with Gasteiger partial charge in [-0.05, 0) is 42.7 Å². The molecule has 3 aromatic rings. The Hall–Kier alpha value is -2.40. The molecule has 1 aliphatic heterocycles. The zero-order chi connectivity index (χ0) is 16.5. The van der Waals surface area contributed by atoms with Crippen LogP contribution in [0.25, 0.3) is 11.0 Å². The maximum Gasteiger partial charge on any atom is 0.238 e. The molecule has 1 aromatic carbocycles. The maximum atomic E-state index is 13.0. The number of amides is 1. The zero-order valence-corrected chi connectivity index (χ0v) is 13.9. The van der Waals surface area contributed by atoms with Crippen molar-refractivity contribution in [2.45, 2.75) is 24.8 Å². The Morgan fingerprint density at radius 3 is 2.92 bits per heavy atom. The van der Waals surface area contributed by atoms with Crippen LogP contribution in [-0.4, -0.2) is 20.4 Å². The zero-order valence-electron chi connectivity index (χ0n) is 13.2. The molecule has 0 unspecified atom stereocenters. The minimum Gasteiger partial charge on any atom is -0.330 e. The number of nitrogens with zero attached hydrogens (tertiary/aromatic N) is 4. The van der Waals surface area contributed by atoms with E-state index in [2.05, 4.69) is 9.97 Å².